The Morgan fingerprint density at radius 1 is 1.45 bits per heavy atom. The summed E-state index contributed by atoms with van der Waals surface area (Å²) in [7, 11) is 1.39. The summed E-state index contributed by atoms with van der Waals surface area (Å²) in [5.74, 6) is 0.0926. The third-order valence-corrected chi connectivity index (χ3v) is 3.30. The van der Waals surface area contributed by atoms with E-state index in [1.54, 1.807) is 6.07 Å². The number of hydrogen-bond acceptors (Lipinski definition) is 3. The largest absolute Gasteiger partial charge is 0.494 e. The third kappa shape index (κ3) is 4.09. The quantitative estimate of drug-likeness (QED) is 0.891. The number of amides is 2. The van der Waals surface area contributed by atoms with E-state index >= 15 is 0 Å². The lowest BCUT2D eigenvalue weighted by Gasteiger charge is -2.22. The molecule has 0 atom stereocenters. The lowest BCUT2D eigenvalue weighted by molar-refractivity contribution is 0.0671. The highest BCUT2D eigenvalue weighted by molar-refractivity contribution is 5.89. The van der Waals surface area contributed by atoms with Crippen molar-refractivity contribution in [2.24, 2.45) is 5.92 Å². The number of nitrogens with one attached hydrogen (secondary N) is 2. The van der Waals surface area contributed by atoms with Crippen LogP contribution in [-0.4, -0.2) is 32.9 Å². The lowest BCUT2D eigenvalue weighted by Crippen LogP contribution is -2.35. The van der Waals surface area contributed by atoms with Crippen LogP contribution in [0.3, 0.4) is 0 Å². The Kier molecular flexibility index (Phi) is 5.17. The van der Waals surface area contributed by atoms with E-state index in [1.165, 1.54) is 19.2 Å². The van der Waals surface area contributed by atoms with Gasteiger partial charge in [0, 0.05) is 31.5 Å². The van der Waals surface area contributed by atoms with Gasteiger partial charge in [-0.25, -0.2) is 9.18 Å². The molecule has 2 rings (SSSR count). The molecular weight excluding hydrogens is 263 g/mol. The van der Waals surface area contributed by atoms with Gasteiger partial charge in [0.05, 0.1) is 7.11 Å². The average Bonchev–Trinajstić information content (AvgIpc) is 2.46. The van der Waals surface area contributed by atoms with Crippen LogP contribution in [0.1, 0.15) is 12.8 Å². The van der Waals surface area contributed by atoms with Crippen LogP contribution in [0.15, 0.2) is 18.2 Å². The number of ether oxygens (including phenoxy) is 2. The fraction of sp³-hybridized carbons (Fsp3) is 0.500. The van der Waals surface area contributed by atoms with Crippen LogP contribution in [0.4, 0.5) is 14.9 Å². The normalized spacial score (nSPS) is 15.7. The maximum Gasteiger partial charge on any atom is 0.319 e. The van der Waals surface area contributed by atoms with Crippen molar-refractivity contribution in [2.45, 2.75) is 12.8 Å². The predicted molar refractivity (Wildman–Crippen MR) is 73.5 cm³/mol. The van der Waals surface area contributed by atoms with E-state index in [0.717, 1.165) is 26.1 Å². The van der Waals surface area contributed by atoms with Gasteiger partial charge in [-0.1, -0.05) is 0 Å². The van der Waals surface area contributed by atoms with E-state index in [0.29, 0.717) is 18.2 Å². The zero-order valence-corrected chi connectivity index (χ0v) is 11.4. The molecule has 0 spiro atoms. The molecule has 20 heavy (non-hydrogen) atoms. The molecule has 1 aromatic carbocycles. The SMILES string of the molecule is COc1ccc(NC(=O)NCC2CCOCC2)cc1F. The Labute approximate surface area is 117 Å². The number of urea groups is 1. The molecule has 2 amide bonds. The summed E-state index contributed by atoms with van der Waals surface area (Å²) >= 11 is 0. The first-order chi connectivity index (χ1) is 9.69. The molecule has 6 heteroatoms. The second-order valence-corrected chi connectivity index (χ2v) is 4.74. The molecule has 1 aliphatic heterocycles. The summed E-state index contributed by atoms with van der Waals surface area (Å²) in [6, 6.07) is 3.97. The maximum atomic E-state index is 13.5. The van der Waals surface area contributed by atoms with Crippen LogP contribution in [0.25, 0.3) is 0 Å². The molecular formula is C14H19FN2O3. The zero-order valence-electron chi connectivity index (χ0n) is 11.4. The summed E-state index contributed by atoms with van der Waals surface area (Å²) in [6.07, 6.45) is 1.91. The Balaban J connectivity index is 1.80. The number of rotatable bonds is 4. The van der Waals surface area contributed by atoms with Gasteiger partial charge in [0.1, 0.15) is 0 Å². The summed E-state index contributed by atoms with van der Waals surface area (Å²) in [5.41, 5.74) is 0.396. The van der Waals surface area contributed by atoms with E-state index in [2.05, 4.69) is 10.6 Å². The number of anilines is 1. The molecule has 1 heterocycles. The predicted octanol–water partition coefficient (Wildman–Crippen LogP) is 2.38. The van der Waals surface area contributed by atoms with Gasteiger partial charge in [-0.2, -0.15) is 0 Å². The first kappa shape index (κ1) is 14.6. The van der Waals surface area contributed by atoms with Crippen LogP contribution >= 0.6 is 0 Å². The average molecular weight is 282 g/mol. The Hall–Kier alpha value is -1.82. The maximum absolute atomic E-state index is 13.5. The van der Waals surface area contributed by atoms with Gasteiger partial charge in [0.25, 0.3) is 0 Å². The topological polar surface area (TPSA) is 59.6 Å². The van der Waals surface area contributed by atoms with E-state index in [-0.39, 0.29) is 11.8 Å². The molecule has 1 aromatic rings. The molecule has 1 aliphatic rings. The van der Waals surface area contributed by atoms with E-state index in [1.807, 2.05) is 0 Å². The van der Waals surface area contributed by atoms with E-state index in [4.69, 9.17) is 9.47 Å². The highest BCUT2D eigenvalue weighted by Crippen LogP contribution is 2.20. The van der Waals surface area contributed by atoms with Gasteiger partial charge in [0.2, 0.25) is 0 Å². The lowest BCUT2D eigenvalue weighted by atomic mass is 10.0. The molecule has 0 saturated carbocycles. The van der Waals surface area contributed by atoms with E-state index in [9.17, 15) is 9.18 Å². The van der Waals surface area contributed by atoms with Crippen LogP contribution < -0.4 is 15.4 Å². The van der Waals surface area contributed by atoms with Gasteiger partial charge in [-0.3, -0.25) is 0 Å². The van der Waals surface area contributed by atoms with Crippen molar-refractivity contribution >= 4 is 11.7 Å². The van der Waals surface area contributed by atoms with Crippen LogP contribution in [0.5, 0.6) is 5.75 Å². The number of carbonyl (C=O) groups is 1. The minimum Gasteiger partial charge on any atom is -0.494 e. The van der Waals surface area contributed by atoms with Crippen molar-refractivity contribution in [3.63, 3.8) is 0 Å². The number of methoxy groups -OCH3 is 1. The minimum absolute atomic E-state index is 0.151. The molecule has 0 aliphatic carbocycles. The van der Waals surface area contributed by atoms with Gasteiger partial charge < -0.3 is 20.1 Å². The van der Waals surface area contributed by atoms with Crippen LogP contribution in [-0.2, 0) is 4.74 Å². The third-order valence-electron chi connectivity index (χ3n) is 3.30. The summed E-state index contributed by atoms with van der Waals surface area (Å²) in [5, 5.41) is 5.39. The molecule has 2 N–H and O–H groups in total. The van der Waals surface area contributed by atoms with Crippen LogP contribution in [0.2, 0.25) is 0 Å². The smallest absolute Gasteiger partial charge is 0.319 e. The van der Waals surface area contributed by atoms with E-state index < -0.39 is 5.82 Å². The summed E-state index contributed by atoms with van der Waals surface area (Å²) < 4.78 is 23.5. The molecule has 1 saturated heterocycles. The fourth-order valence-electron chi connectivity index (χ4n) is 2.11. The molecule has 0 unspecified atom stereocenters. The van der Waals surface area contributed by atoms with Gasteiger partial charge in [0.15, 0.2) is 11.6 Å². The molecule has 0 aromatic heterocycles. The number of hydrogen-bond donors (Lipinski definition) is 2. The zero-order chi connectivity index (χ0) is 14.4. The molecule has 0 radical (unpaired) electrons. The molecule has 1 fully saturated rings. The summed E-state index contributed by atoms with van der Waals surface area (Å²) in [4.78, 5) is 11.7. The minimum atomic E-state index is -0.505. The Morgan fingerprint density at radius 3 is 2.85 bits per heavy atom. The Morgan fingerprint density at radius 2 is 2.20 bits per heavy atom. The first-order valence-electron chi connectivity index (χ1n) is 6.65. The van der Waals surface area contributed by atoms with Gasteiger partial charge >= 0.3 is 6.03 Å². The molecule has 5 nitrogen and oxygen atoms in total. The van der Waals surface area contributed by atoms with Crippen LogP contribution in [0, 0.1) is 11.7 Å². The number of halogens is 1. The number of benzene rings is 1. The van der Waals surface area contributed by atoms with Crippen molar-refractivity contribution in [3.8, 4) is 5.75 Å². The van der Waals surface area contributed by atoms with Gasteiger partial charge in [-0.15, -0.1) is 0 Å². The highest BCUT2D eigenvalue weighted by atomic mass is 19.1. The highest BCUT2D eigenvalue weighted by Gasteiger charge is 2.14. The van der Waals surface area contributed by atoms with Crippen molar-refractivity contribution < 1.29 is 18.7 Å². The molecule has 110 valence electrons. The fourth-order valence-corrected chi connectivity index (χ4v) is 2.11. The van der Waals surface area contributed by atoms with Crippen molar-refractivity contribution in [1.82, 2.24) is 5.32 Å². The van der Waals surface area contributed by atoms with Crippen molar-refractivity contribution in [3.05, 3.63) is 24.0 Å². The first-order valence-corrected chi connectivity index (χ1v) is 6.65. The Bertz CT molecular complexity index is 462. The van der Waals surface area contributed by atoms with Gasteiger partial charge in [-0.05, 0) is 30.9 Å². The van der Waals surface area contributed by atoms with Crippen molar-refractivity contribution in [2.75, 3.05) is 32.2 Å². The second-order valence-electron chi connectivity index (χ2n) is 4.74. The second kappa shape index (κ2) is 7.09. The summed E-state index contributed by atoms with van der Waals surface area (Å²) in [6.45, 7) is 2.10. The number of carbonyl (C=O) groups excluding carboxylic acids is 1. The standard InChI is InChI=1S/C14H19FN2O3/c1-19-13-3-2-11(8-12(13)15)17-14(18)16-9-10-4-6-20-7-5-10/h2-3,8,10H,4-7,9H2,1H3,(H2,16,17,18). The van der Waals surface area contributed by atoms with Crippen molar-refractivity contribution in [1.29, 1.82) is 0 Å². The monoisotopic (exact) mass is 282 g/mol. The molecule has 0 bridgehead atoms.